The average Bonchev–Trinajstić information content (AvgIpc) is 3.03. The molecule has 24 heavy (non-hydrogen) atoms. The van der Waals surface area contributed by atoms with Crippen molar-refractivity contribution in [3.63, 3.8) is 0 Å². The minimum absolute atomic E-state index is 0.435. The number of hydrogen-bond acceptors (Lipinski definition) is 5. The fraction of sp³-hybridized carbons (Fsp3) is 0.235. The molecule has 0 radical (unpaired) electrons. The third-order valence-electron chi connectivity index (χ3n) is 4.07. The van der Waals surface area contributed by atoms with E-state index in [1.165, 1.54) is 6.07 Å². The topological polar surface area (TPSA) is 55.1 Å². The van der Waals surface area contributed by atoms with Crippen LogP contribution >= 0.6 is 0 Å². The first-order chi connectivity index (χ1) is 11.7. The Balaban J connectivity index is 1.50. The second kappa shape index (κ2) is 6.09. The summed E-state index contributed by atoms with van der Waals surface area (Å²) in [5.74, 6) is -0.0761. The first-order valence-electron chi connectivity index (χ1n) is 7.61. The van der Waals surface area contributed by atoms with Gasteiger partial charge < -0.3 is 4.52 Å². The van der Waals surface area contributed by atoms with E-state index in [1.54, 1.807) is 18.5 Å². The van der Waals surface area contributed by atoms with E-state index < -0.39 is 11.6 Å². The number of nitrogens with zero attached hydrogens (tertiary/aromatic N) is 4. The first-order valence-corrected chi connectivity index (χ1v) is 7.61. The number of aromatic nitrogens is 3. The van der Waals surface area contributed by atoms with Crippen LogP contribution in [0, 0.1) is 11.6 Å². The van der Waals surface area contributed by atoms with Gasteiger partial charge in [-0.15, -0.1) is 0 Å². The molecular weight excluding hydrogens is 314 g/mol. The molecule has 0 atom stereocenters. The van der Waals surface area contributed by atoms with Crippen LogP contribution in [-0.4, -0.2) is 26.6 Å². The Morgan fingerprint density at radius 2 is 2.17 bits per heavy atom. The average molecular weight is 328 g/mol. The zero-order valence-electron chi connectivity index (χ0n) is 12.7. The molecule has 0 fully saturated rings. The van der Waals surface area contributed by atoms with E-state index in [4.69, 9.17) is 4.52 Å². The van der Waals surface area contributed by atoms with Crippen LogP contribution in [0.4, 0.5) is 8.78 Å². The van der Waals surface area contributed by atoms with E-state index in [9.17, 15) is 8.78 Å². The Kier molecular flexibility index (Phi) is 3.78. The minimum Gasteiger partial charge on any atom is -0.338 e. The van der Waals surface area contributed by atoms with Crippen LogP contribution in [-0.2, 0) is 19.5 Å². The van der Waals surface area contributed by atoms with Gasteiger partial charge in [0.2, 0.25) is 11.7 Å². The van der Waals surface area contributed by atoms with Crippen molar-refractivity contribution in [2.24, 2.45) is 0 Å². The summed E-state index contributed by atoms with van der Waals surface area (Å²) >= 11 is 0. The SMILES string of the molecule is Fc1cc(F)c2c(c1)CN(Cc1nc(-c3cccnc3)no1)CC2. The zero-order chi connectivity index (χ0) is 16.5. The first kappa shape index (κ1) is 14.9. The molecule has 0 amide bonds. The Bertz CT molecular complexity index is 866. The van der Waals surface area contributed by atoms with Crippen molar-refractivity contribution < 1.29 is 13.3 Å². The van der Waals surface area contributed by atoms with E-state index in [2.05, 4.69) is 15.1 Å². The summed E-state index contributed by atoms with van der Waals surface area (Å²) in [5, 5.41) is 3.95. The predicted molar refractivity (Wildman–Crippen MR) is 81.7 cm³/mol. The molecule has 3 heterocycles. The molecule has 0 saturated heterocycles. The van der Waals surface area contributed by atoms with Crippen LogP contribution in [0.3, 0.4) is 0 Å². The van der Waals surface area contributed by atoms with Gasteiger partial charge in [-0.3, -0.25) is 9.88 Å². The van der Waals surface area contributed by atoms with E-state index in [1.807, 2.05) is 11.0 Å². The van der Waals surface area contributed by atoms with Crippen molar-refractivity contribution in [2.75, 3.05) is 6.54 Å². The number of rotatable bonds is 3. The largest absolute Gasteiger partial charge is 0.338 e. The van der Waals surface area contributed by atoms with E-state index in [-0.39, 0.29) is 0 Å². The monoisotopic (exact) mass is 328 g/mol. The summed E-state index contributed by atoms with van der Waals surface area (Å²) in [6.45, 7) is 1.54. The van der Waals surface area contributed by atoms with Crippen molar-refractivity contribution in [3.8, 4) is 11.4 Å². The van der Waals surface area contributed by atoms with Gasteiger partial charge in [-0.2, -0.15) is 4.98 Å². The Labute approximate surface area is 136 Å². The summed E-state index contributed by atoms with van der Waals surface area (Å²) in [6.07, 6.45) is 3.87. The maximum absolute atomic E-state index is 13.8. The fourth-order valence-electron chi connectivity index (χ4n) is 2.93. The summed E-state index contributed by atoms with van der Waals surface area (Å²) < 4.78 is 32.4. The molecule has 0 bridgehead atoms. The highest BCUT2D eigenvalue weighted by Crippen LogP contribution is 2.24. The van der Waals surface area contributed by atoms with Crippen LogP contribution in [0.5, 0.6) is 0 Å². The third kappa shape index (κ3) is 2.90. The second-order valence-corrected chi connectivity index (χ2v) is 5.74. The number of fused-ring (bicyclic) bond motifs is 1. The highest BCUT2D eigenvalue weighted by Gasteiger charge is 2.22. The molecule has 1 aromatic carbocycles. The number of benzene rings is 1. The molecule has 4 rings (SSSR count). The fourth-order valence-corrected chi connectivity index (χ4v) is 2.93. The normalized spacial score (nSPS) is 14.6. The van der Waals surface area contributed by atoms with Gasteiger partial charge in [-0.25, -0.2) is 8.78 Å². The summed E-state index contributed by atoms with van der Waals surface area (Å²) in [7, 11) is 0. The smallest absolute Gasteiger partial charge is 0.241 e. The minimum atomic E-state index is -0.551. The molecule has 7 heteroatoms. The molecule has 0 saturated carbocycles. The molecule has 3 aromatic rings. The van der Waals surface area contributed by atoms with E-state index >= 15 is 0 Å². The third-order valence-corrected chi connectivity index (χ3v) is 4.07. The Morgan fingerprint density at radius 3 is 3.00 bits per heavy atom. The molecule has 0 N–H and O–H groups in total. The van der Waals surface area contributed by atoms with Crippen LogP contribution in [0.15, 0.2) is 41.2 Å². The summed E-state index contributed by atoms with van der Waals surface area (Å²) in [4.78, 5) is 10.4. The van der Waals surface area contributed by atoms with Gasteiger partial charge in [0.1, 0.15) is 11.6 Å². The van der Waals surface area contributed by atoms with Crippen LogP contribution < -0.4 is 0 Å². The van der Waals surface area contributed by atoms with Gasteiger partial charge in [-0.1, -0.05) is 5.16 Å². The molecule has 1 aliphatic heterocycles. The number of pyridine rings is 1. The molecule has 0 unspecified atom stereocenters. The van der Waals surface area contributed by atoms with Gasteiger partial charge in [0.05, 0.1) is 6.54 Å². The molecule has 2 aromatic heterocycles. The maximum Gasteiger partial charge on any atom is 0.241 e. The maximum atomic E-state index is 13.8. The lowest BCUT2D eigenvalue weighted by Crippen LogP contribution is -2.30. The molecule has 0 aliphatic carbocycles. The van der Waals surface area contributed by atoms with Crippen molar-refractivity contribution in [1.82, 2.24) is 20.0 Å². The van der Waals surface area contributed by atoms with Crippen LogP contribution in [0.25, 0.3) is 11.4 Å². The van der Waals surface area contributed by atoms with Crippen molar-refractivity contribution in [2.45, 2.75) is 19.5 Å². The lowest BCUT2D eigenvalue weighted by molar-refractivity contribution is 0.208. The standard InChI is InChI=1S/C17H14F2N4O/c18-13-6-12-9-23(5-3-14(12)15(19)7-13)10-16-21-17(22-24-16)11-2-1-4-20-8-11/h1-2,4,6-8H,3,5,9-10H2. The molecule has 1 aliphatic rings. The zero-order valence-corrected chi connectivity index (χ0v) is 12.7. The quantitative estimate of drug-likeness (QED) is 0.740. The molecule has 5 nitrogen and oxygen atoms in total. The van der Waals surface area contributed by atoms with E-state index in [0.29, 0.717) is 48.9 Å². The predicted octanol–water partition coefficient (Wildman–Crippen LogP) is 2.97. The second-order valence-electron chi connectivity index (χ2n) is 5.74. The lowest BCUT2D eigenvalue weighted by Gasteiger charge is -2.27. The van der Waals surface area contributed by atoms with Gasteiger partial charge in [-0.05, 0) is 35.7 Å². The van der Waals surface area contributed by atoms with Crippen LogP contribution in [0.2, 0.25) is 0 Å². The number of halogens is 2. The van der Waals surface area contributed by atoms with Gasteiger partial charge in [0, 0.05) is 37.1 Å². The lowest BCUT2D eigenvalue weighted by atomic mass is 9.99. The highest BCUT2D eigenvalue weighted by atomic mass is 19.1. The van der Waals surface area contributed by atoms with Crippen molar-refractivity contribution in [1.29, 1.82) is 0 Å². The Hall–Kier alpha value is -2.67. The van der Waals surface area contributed by atoms with Gasteiger partial charge in [0.15, 0.2) is 0 Å². The van der Waals surface area contributed by atoms with Gasteiger partial charge >= 0.3 is 0 Å². The number of hydrogen-bond donors (Lipinski definition) is 0. The summed E-state index contributed by atoms with van der Waals surface area (Å²) in [5.41, 5.74) is 2.04. The van der Waals surface area contributed by atoms with Gasteiger partial charge in [0.25, 0.3) is 0 Å². The van der Waals surface area contributed by atoms with E-state index in [0.717, 1.165) is 11.6 Å². The summed E-state index contributed by atoms with van der Waals surface area (Å²) in [6, 6.07) is 5.98. The molecule has 0 spiro atoms. The molecular formula is C17H14F2N4O. The Morgan fingerprint density at radius 1 is 1.25 bits per heavy atom. The highest BCUT2D eigenvalue weighted by molar-refractivity contribution is 5.51. The van der Waals surface area contributed by atoms with Crippen molar-refractivity contribution >= 4 is 0 Å². The van der Waals surface area contributed by atoms with Crippen molar-refractivity contribution in [3.05, 3.63) is 65.3 Å². The van der Waals surface area contributed by atoms with Crippen LogP contribution in [0.1, 0.15) is 17.0 Å². The molecule has 122 valence electrons.